The van der Waals surface area contributed by atoms with Crippen LogP contribution < -0.4 is 5.32 Å². The van der Waals surface area contributed by atoms with Crippen LogP contribution in [-0.2, 0) is 11.3 Å². The smallest absolute Gasteiger partial charge is 0.208 e. The number of hydrogen-bond donors (Lipinski definition) is 1. The van der Waals surface area contributed by atoms with Crippen LogP contribution in [0.2, 0.25) is 0 Å². The molecule has 0 amide bonds. The molecule has 96 valence electrons. The lowest BCUT2D eigenvalue weighted by Crippen LogP contribution is -2.24. The van der Waals surface area contributed by atoms with E-state index in [0.717, 1.165) is 5.76 Å². The predicted octanol–water partition coefficient (Wildman–Crippen LogP) is 2.46. The van der Waals surface area contributed by atoms with Crippen molar-refractivity contribution in [3.8, 4) is 0 Å². The van der Waals surface area contributed by atoms with Gasteiger partial charge in [-0.05, 0) is 12.5 Å². The molecule has 0 fully saturated rings. The fourth-order valence-electron chi connectivity index (χ4n) is 1.82. The van der Waals surface area contributed by atoms with Crippen molar-refractivity contribution < 1.29 is 9.15 Å². The van der Waals surface area contributed by atoms with Crippen LogP contribution in [0.1, 0.15) is 23.3 Å². The van der Waals surface area contributed by atoms with E-state index in [2.05, 4.69) is 22.4 Å². The summed E-state index contributed by atoms with van der Waals surface area (Å²) in [6.45, 7) is 3.10. The highest BCUT2D eigenvalue weighted by Gasteiger charge is 2.11. The Morgan fingerprint density at radius 3 is 2.72 bits per heavy atom. The Kier molecular flexibility index (Phi) is 4.50. The van der Waals surface area contributed by atoms with E-state index in [1.54, 1.807) is 13.3 Å². The Balaban J connectivity index is 1.98. The lowest BCUT2D eigenvalue weighted by molar-refractivity contribution is 0.164. The Morgan fingerprint density at radius 2 is 2.11 bits per heavy atom. The third kappa shape index (κ3) is 3.42. The lowest BCUT2D eigenvalue weighted by Gasteiger charge is -2.17. The molecule has 0 spiro atoms. The second kappa shape index (κ2) is 6.33. The van der Waals surface area contributed by atoms with Crippen LogP contribution in [0, 0.1) is 6.92 Å². The molecular formula is C14H18N2O2. The summed E-state index contributed by atoms with van der Waals surface area (Å²) in [5.74, 6) is 1.53. The third-order valence-electron chi connectivity index (χ3n) is 2.70. The van der Waals surface area contributed by atoms with Gasteiger partial charge in [-0.3, -0.25) is 5.32 Å². The number of rotatable bonds is 6. The fourth-order valence-corrected chi connectivity index (χ4v) is 1.82. The van der Waals surface area contributed by atoms with Crippen LogP contribution in [-0.4, -0.2) is 18.7 Å². The zero-order chi connectivity index (χ0) is 12.8. The Bertz CT molecular complexity index is 468. The third-order valence-corrected chi connectivity index (χ3v) is 2.70. The molecule has 0 bridgehead atoms. The van der Waals surface area contributed by atoms with E-state index in [4.69, 9.17) is 9.15 Å². The van der Waals surface area contributed by atoms with Crippen molar-refractivity contribution in [2.24, 2.45) is 0 Å². The molecule has 0 saturated heterocycles. The van der Waals surface area contributed by atoms with Crippen molar-refractivity contribution in [2.45, 2.75) is 19.5 Å². The highest BCUT2D eigenvalue weighted by Crippen LogP contribution is 2.13. The molecule has 0 aliphatic carbocycles. The van der Waals surface area contributed by atoms with Crippen LogP contribution >= 0.6 is 0 Å². The molecule has 1 heterocycles. The molecule has 0 aliphatic heterocycles. The number of oxazole rings is 1. The summed E-state index contributed by atoms with van der Waals surface area (Å²) in [6, 6.07) is 10.4. The molecule has 4 heteroatoms. The maximum absolute atomic E-state index is 5.43. The van der Waals surface area contributed by atoms with Crippen LogP contribution in [0.4, 0.5) is 0 Å². The maximum Gasteiger partial charge on any atom is 0.208 e. The molecule has 1 unspecified atom stereocenters. The standard InChI is InChI=1S/C14H18N2O2/c1-11-8-16-14(18-11)9-15-13(10-17-2)12-6-4-3-5-7-12/h3-8,13,15H,9-10H2,1-2H3. The van der Waals surface area contributed by atoms with Gasteiger partial charge in [0.25, 0.3) is 0 Å². The highest BCUT2D eigenvalue weighted by molar-refractivity contribution is 5.19. The summed E-state index contributed by atoms with van der Waals surface area (Å²) in [4.78, 5) is 4.17. The van der Waals surface area contributed by atoms with E-state index in [9.17, 15) is 0 Å². The second-order valence-electron chi connectivity index (χ2n) is 4.16. The zero-order valence-electron chi connectivity index (χ0n) is 10.7. The molecule has 1 aromatic heterocycles. The number of nitrogens with zero attached hydrogens (tertiary/aromatic N) is 1. The van der Waals surface area contributed by atoms with E-state index in [1.807, 2.05) is 25.1 Å². The molecule has 2 rings (SSSR count). The lowest BCUT2D eigenvalue weighted by atomic mass is 10.1. The summed E-state index contributed by atoms with van der Waals surface area (Å²) in [5, 5.41) is 3.39. The molecule has 18 heavy (non-hydrogen) atoms. The second-order valence-corrected chi connectivity index (χ2v) is 4.16. The number of aryl methyl sites for hydroxylation is 1. The molecule has 0 radical (unpaired) electrons. The first-order valence-corrected chi connectivity index (χ1v) is 5.98. The minimum atomic E-state index is 0.142. The first-order valence-electron chi connectivity index (χ1n) is 5.98. The largest absolute Gasteiger partial charge is 0.445 e. The summed E-state index contributed by atoms with van der Waals surface area (Å²) in [7, 11) is 1.70. The van der Waals surface area contributed by atoms with Gasteiger partial charge in [-0.15, -0.1) is 0 Å². The molecule has 1 N–H and O–H groups in total. The molecule has 2 aromatic rings. The number of nitrogens with one attached hydrogen (secondary N) is 1. The molecule has 1 atom stereocenters. The van der Waals surface area contributed by atoms with Gasteiger partial charge in [-0.1, -0.05) is 30.3 Å². The highest BCUT2D eigenvalue weighted by atomic mass is 16.5. The van der Waals surface area contributed by atoms with Crippen LogP contribution in [0.3, 0.4) is 0 Å². The fraction of sp³-hybridized carbons (Fsp3) is 0.357. The van der Waals surface area contributed by atoms with Crippen molar-refractivity contribution in [2.75, 3.05) is 13.7 Å². The molecule has 0 aliphatic rings. The van der Waals surface area contributed by atoms with Gasteiger partial charge in [0.15, 0.2) is 0 Å². The van der Waals surface area contributed by atoms with Crippen molar-refractivity contribution in [3.05, 3.63) is 53.7 Å². The van der Waals surface area contributed by atoms with E-state index >= 15 is 0 Å². The first kappa shape index (κ1) is 12.8. The molecule has 1 aromatic carbocycles. The molecule has 4 nitrogen and oxygen atoms in total. The topological polar surface area (TPSA) is 47.3 Å². The van der Waals surface area contributed by atoms with Gasteiger partial charge in [-0.2, -0.15) is 0 Å². The van der Waals surface area contributed by atoms with Gasteiger partial charge in [-0.25, -0.2) is 4.98 Å². The SMILES string of the molecule is COCC(NCc1ncc(C)o1)c1ccccc1. The normalized spacial score (nSPS) is 12.6. The number of aromatic nitrogens is 1. The predicted molar refractivity (Wildman–Crippen MR) is 69.1 cm³/mol. The first-order chi connectivity index (χ1) is 8.79. The van der Waals surface area contributed by atoms with Crippen LogP contribution in [0.15, 0.2) is 40.9 Å². The number of benzene rings is 1. The van der Waals surface area contributed by atoms with Gasteiger partial charge >= 0.3 is 0 Å². The quantitative estimate of drug-likeness (QED) is 0.850. The van der Waals surface area contributed by atoms with E-state index in [-0.39, 0.29) is 6.04 Å². The average molecular weight is 246 g/mol. The Morgan fingerprint density at radius 1 is 1.33 bits per heavy atom. The molecule has 0 saturated carbocycles. The zero-order valence-corrected chi connectivity index (χ0v) is 10.7. The van der Waals surface area contributed by atoms with Crippen molar-refractivity contribution >= 4 is 0 Å². The number of ether oxygens (including phenoxy) is 1. The summed E-state index contributed by atoms with van der Waals surface area (Å²) >= 11 is 0. The van der Waals surface area contributed by atoms with E-state index in [0.29, 0.717) is 19.0 Å². The maximum atomic E-state index is 5.43. The summed E-state index contributed by atoms with van der Waals surface area (Å²) in [6.07, 6.45) is 1.73. The van der Waals surface area contributed by atoms with Gasteiger partial charge in [0.05, 0.1) is 25.4 Å². The minimum absolute atomic E-state index is 0.142. The van der Waals surface area contributed by atoms with Gasteiger partial charge in [0.1, 0.15) is 5.76 Å². The molecular weight excluding hydrogens is 228 g/mol. The van der Waals surface area contributed by atoms with Crippen molar-refractivity contribution in [1.29, 1.82) is 0 Å². The summed E-state index contributed by atoms with van der Waals surface area (Å²) in [5.41, 5.74) is 1.20. The summed E-state index contributed by atoms with van der Waals surface area (Å²) < 4.78 is 10.7. The number of hydrogen-bond acceptors (Lipinski definition) is 4. The monoisotopic (exact) mass is 246 g/mol. The van der Waals surface area contributed by atoms with Gasteiger partial charge < -0.3 is 9.15 Å². The van der Waals surface area contributed by atoms with Crippen LogP contribution in [0.25, 0.3) is 0 Å². The van der Waals surface area contributed by atoms with Crippen molar-refractivity contribution in [3.63, 3.8) is 0 Å². The Labute approximate surface area is 107 Å². The van der Waals surface area contributed by atoms with Gasteiger partial charge in [0, 0.05) is 7.11 Å². The van der Waals surface area contributed by atoms with E-state index in [1.165, 1.54) is 5.56 Å². The van der Waals surface area contributed by atoms with Crippen molar-refractivity contribution in [1.82, 2.24) is 10.3 Å². The minimum Gasteiger partial charge on any atom is -0.445 e. The Hall–Kier alpha value is -1.65. The average Bonchev–Trinajstić information content (AvgIpc) is 2.81. The van der Waals surface area contributed by atoms with Crippen LogP contribution in [0.5, 0.6) is 0 Å². The van der Waals surface area contributed by atoms with E-state index < -0.39 is 0 Å². The number of methoxy groups -OCH3 is 1. The van der Waals surface area contributed by atoms with Gasteiger partial charge in [0.2, 0.25) is 5.89 Å².